The molecule has 0 saturated heterocycles. The lowest BCUT2D eigenvalue weighted by Crippen LogP contribution is -2.31. The highest BCUT2D eigenvalue weighted by molar-refractivity contribution is 7.89. The third kappa shape index (κ3) is 7.22. The van der Waals surface area contributed by atoms with Crippen molar-refractivity contribution in [2.45, 2.75) is 18.6 Å². The molecule has 0 spiro atoms. The van der Waals surface area contributed by atoms with Crippen molar-refractivity contribution in [3.63, 3.8) is 0 Å². The number of hydrogen-bond acceptors (Lipinski definition) is 5. The van der Waals surface area contributed by atoms with Gasteiger partial charge in [-0.15, -0.1) is 0 Å². The number of hydrogen-bond donors (Lipinski definition) is 1. The lowest BCUT2D eigenvalue weighted by Gasteiger charge is -2.13. The monoisotopic (exact) mass is 389 g/mol. The summed E-state index contributed by atoms with van der Waals surface area (Å²) in [5, 5.41) is 2.74. The molecule has 1 N–H and O–H groups in total. The average Bonchev–Trinajstić information content (AvgIpc) is 2.64. The third-order valence-corrected chi connectivity index (χ3v) is 4.78. The van der Waals surface area contributed by atoms with Crippen LogP contribution in [0.25, 0.3) is 0 Å². The first-order valence-corrected chi connectivity index (χ1v) is 10.6. The van der Waals surface area contributed by atoms with E-state index in [9.17, 15) is 18.0 Å². The van der Waals surface area contributed by atoms with E-state index in [2.05, 4.69) is 5.32 Å². The molecule has 0 radical (unpaired) electrons. The van der Waals surface area contributed by atoms with Gasteiger partial charge >= 0.3 is 5.97 Å². The average molecular weight is 389 g/mol. The molecule has 0 aromatic heterocycles. The summed E-state index contributed by atoms with van der Waals surface area (Å²) in [5.74, 6) is -0.954. The SMILES string of the molecule is C[C@H](CNC(=O)COC(=O)c1ccc(CS(C)(=O)=O)cc1)c1ccccc1. The number of amides is 1. The van der Waals surface area contributed by atoms with Crippen LogP contribution in [0.15, 0.2) is 54.6 Å². The summed E-state index contributed by atoms with van der Waals surface area (Å²) in [6.45, 7) is 2.08. The molecule has 0 fully saturated rings. The molecule has 1 amide bonds. The van der Waals surface area contributed by atoms with Crippen molar-refractivity contribution in [2.75, 3.05) is 19.4 Å². The first-order valence-electron chi connectivity index (χ1n) is 8.50. The van der Waals surface area contributed by atoms with E-state index in [1.165, 1.54) is 12.1 Å². The van der Waals surface area contributed by atoms with E-state index in [1.54, 1.807) is 12.1 Å². The summed E-state index contributed by atoms with van der Waals surface area (Å²) in [6, 6.07) is 15.9. The molecule has 144 valence electrons. The van der Waals surface area contributed by atoms with Crippen LogP contribution >= 0.6 is 0 Å². The quantitative estimate of drug-likeness (QED) is 0.700. The van der Waals surface area contributed by atoms with Gasteiger partial charge in [0, 0.05) is 12.8 Å². The molecule has 0 saturated carbocycles. The van der Waals surface area contributed by atoms with Gasteiger partial charge in [-0.05, 0) is 29.2 Å². The Kier molecular flexibility index (Phi) is 7.12. The minimum absolute atomic E-state index is 0.0929. The van der Waals surface area contributed by atoms with Crippen molar-refractivity contribution in [3.8, 4) is 0 Å². The molecule has 1 atom stereocenters. The van der Waals surface area contributed by atoms with Crippen LogP contribution in [0, 0.1) is 0 Å². The fourth-order valence-corrected chi connectivity index (χ4v) is 3.27. The van der Waals surface area contributed by atoms with Crippen molar-refractivity contribution in [1.29, 1.82) is 0 Å². The number of carbonyl (C=O) groups excluding carboxylic acids is 2. The highest BCUT2D eigenvalue weighted by atomic mass is 32.2. The van der Waals surface area contributed by atoms with E-state index in [-0.39, 0.29) is 29.7 Å². The number of esters is 1. The van der Waals surface area contributed by atoms with E-state index < -0.39 is 15.8 Å². The van der Waals surface area contributed by atoms with Crippen LogP contribution in [0.4, 0.5) is 0 Å². The van der Waals surface area contributed by atoms with Crippen molar-refractivity contribution in [3.05, 3.63) is 71.3 Å². The lowest BCUT2D eigenvalue weighted by molar-refractivity contribution is -0.124. The van der Waals surface area contributed by atoms with Crippen molar-refractivity contribution < 1.29 is 22.7 Å². The molecular formula is C20H23NO5S. The topological polar surface area (TPSA) is 89.5 Å². The van der Waals surface area contributed by atoms with Crippen molar-refractivity contribution in [2.24, 2.45) is 0 Å². The summed E-state index contributed by atoms with van der Waals surface area (Å²) in [5.41, 5.74) is 1.96. The zero-order valence-corrected chi connectivity index (χ0v) is 16.2. The van der Waals surface area contributed by atoms with Crippen LogP contribution in [-0.4, -0.2) is 39.7 Å². The van der Waals surface area contributed by atoms with E-state index in [0.29, 0.717) is 12.1 Å². The Labute approximate surface area is 159 Å². The standard InChI is InChI=1S/C20H23NO5S/c1-15(17-6-4-3-5-7-17)12-21-19(22)13-26-20(23)18-10-8-16(9-11-18)14-27(2,24)25/h3-11,15H,12-14H2,1-2H3,(H,21,22)/t15-/m1/s1. The van der Waals surface area contributed by atoms with Gasteiger partial charge in [0.15, 0.2) is 16.4 Å². The third-order valence-electron chi connectivity index (χ3n) is 3.93. The van der Waals surface area contributed by atoms with Crippen LogP contribution < -0.4 is 5.32 Å². The molecule has 0 unspecified atom stereocenters. The number of benzene rings is 2. The van der Waals surface area contributed by atoms with Crippen LogP contribution in [0.5, 0.6) is 0 Å². The normalized spacial score (nSPS) is 12.2. The molecule has 0 aliphatic rings. The fraction of sp³-hybridized carbons (Fsp3) is 0.300. The Hall–Kier alpha value is -2.67. The molecule has 2 aromatic carbocycles. The van der Waals surface area contributed by atoms with Gasteiger partial charge in [0.05, 0.1) is 11.3 Å². The highest BCUT2D eigenvalue weighted by Crippen LogP contribution is 2.13. The maximum Gasteiger partial charge on any atom is 0.338 e. The minimum atomic E-state index is -3.13. The molecule has 0 aliphatic carbocycles. The maximum atomic E-state index is 12.0. The summed E-state index contributed by atoms with van der Waals surface area (Å²) < 4.78 is 27.5. The van der Waals surface area contributed by atoms with Crippen LogP contribution in [0.2, 0.25) is 0 Å². The van der Waals surface area contributed by atoms with Crippen molar-refractivity contribution >= 4 is 21.7 Å². The molecule has 0 heterocycles. The van der Waals surface area contributed by atoms with Crippen molar-refractivity contribution in [1.82, 2.24) is 5.32 Å². The number of carbonyl (C=O) groups is 2. The number of ether oxygens (including phenoxy) is 1. The predicted octanol–water partition coefficient (Wildman–Crippen LogP) is 2.31. The second kappa shape index (κ2) is 9.32. The lowest BCUT2D eigenvalue weighted by atomic mass is 10.0. The zero-order valence-electron chi connectivity index (χ0n) is 15.3. The van der Waals surface area contributed by atoms with Gasteiger partial charge in [0.25, 0.3) is 5.91 Å². The van der Waals surface area contributed by atoms with E-state index in [4.69, 9.17) is 4.74 Å². The molecule has 7 heteroatoms. The van der Waals surface area contributed by atoms with Gasteiger partial charge in [0.2, 0.25) is 0 Å². The maximum absolute atomic E-state index is 12.0. The highest BCUT2D eigenvalue weighted by Gasteiger charge is 2.12. The van der Waals surface area contributed by atoms with Crippen LogP contribution in [-0.2, 0) is 25.1 Å². The molecule has 0 aliphatic heterocycles. The first kappa shape index (κ1) is 20.6. The van der Waals surface area contributed by atoms with Crippen LogP contribution in [0.1, 0.15) is 34.3 Å². The molecular weight excluding hydrogens is 366 g/mol. The Morgan fingerprint density at radius 3 is 2.26 bits per heavy atom. The number of rotatable bonds is 8. The fourth-order valence-electron chi connectivity index (χ4n) is 2.47. The van der Waals surface area contributed by atoms with E-state index in [0.717, 1.165) is 11.8 Å². The summed E-state index contributed by atoms with van der Waals surface area (Å²) in [4.78, 5) is 23.9. The Bertz CT molecular complexity index is 876. The zero-order chi connectivity index (χ0) is 19.9. The van der Waals surface area contributed by atoms with Gasteiger partial charge in [0.1, 0.15) is 0 Å². The summed E-state index contributed by atoms with van der Waals surface area (Å²) >= 11 is 0. The summed E-state index contributed by atoms with van der Waals surface area (Å²) in [6.07, 6.45) is 1.15. The predicted molar refractivity (Wildman–Crippen MR) is 103 cm³/mol. The Morgan fingerprint density at radius 2 is 1.67 bits per heavy atom. The van der Waals surface area contributed by atoms with E-state index >= 15 is 0 Å². The van der Waals surface area contributed by atoms with Gasteiger partial charge < -0.3 is 10.1 Å². The smallest absolute Gasteiger partial charge is 0.338 e. The van der Waals surface area contributed by atoms with Gasteiger partial charge in [-0.3, -0.25) is 4.79 Å². The largest absolute Gasteiger partial charge is 0.452 e. The van der Waals surface area contributed by atoms with E-state index in [1.807, 2.05) is 37.3 Å². The van der Waals surface area contributed by atoms with Gasteiger partial charge in [-0.25, -0.2) is 13.2 Å². The molecule has 2 rings (SSSR count). The molecule has 0 bridgehead atoms. The minimum Gasteiger partial charge on any atom is -0.452 e. The van der Waals surface area contributed by atoms with Gasteiger partial charge in [-0.2, -0.15) is 0 Å². The molecule has 27 heavy (non-hydrogen) atoms. The first-order chi connectivity index (χ1) is 12.7. The Morgan fingerprint density at radius 1 is 1.04 bits per heavy atom. The number of nitrogens with one attached hydrogen (secondary N) is 1. The summed E-state index contributed by atoms with van der Waals surface area (Å²) in [7, 11) is -3.13. The number of sulfone groups is 1. The van der Waals surface area contributed by atoms with Crippen LogP contribution in [0.3, 0.4) is 0 Å². The molecule has 6 nitrogen and oxygen atoms in total. The molecule has 2 aromatic rings. The Balaban J connectivity index is 1.78. The second-order valence-corrected chi connectivity index (χ2v) is 8.60. The second-order valence-electron chi connectivity index (χ2n) is 6.46. The van der Waals surface area contributed by atoms with Gasteiger partial charge in [-0.1, -0.05) is 49.4 Å².